The number of carbonyl (C=O) groups excluding carboxylic acids is 1. The van der Waals surface area contributed by atoms with E-state index >= 15 is 0 Å². The van der Waals surface area contributed by atoms with Crippen LogP contribution < -0.4 is 15.0 Å². The highest BCUT2D eigenvalue weighted by Gasteiger charge is 2.20. The van der Waals surface area contributed by atoms with Crippen molar-refractivity contribution < 1.29 is 14.3 Å². The summed E-state index contributed by atoms with van der Waals surface area (Å²) < 4.78 is 11.5. The van der Waals surface area contributed by atoms with E-state index in [1.54, 1.807) is 41.3 Å². The van der Waals surface area contributed by atoms with Gasteiger partial charge >= 0.3 is 0 Å². The summed E-state index contributed by atoms with van der Waals surface area (Å²) in [5, 5.41) is 0.515. The molecule has 1 aromatic heterocycles. The highest BCUT2D eigenvalue weighted by atomic mass is 16.5. The molecule has 0 fully saturated rings. The molecule has 0 saturated carbocycles. The molecule has 4 aromatic rings. The van der Waals surface area contributed by atoms with Crippen LogP contribution in [-0.2, 0) is 13.1 Å². The number of aromatic nitrogens is 2. The fraction of sp³-hybridized carbons (Fsp3) is 0.250. The number of nitrogens with zero attached hydrogens (tertiary/aromatic N) is 2. The standard InChI is InChI=1S/C28H29N3O4/c1-3-16-35-24-15-14-21(17-25(24)34-4-2)28(33)31(18-20-10-6-5-7-11-20)19-26-29-23-13-9-8-12-22(23)27(32)30-26/h5-15,17H,3-4,16,18-19H2,1-2H3,(H,29,30,32). The second-order valence-electron chi connectivity index (χ2n) is 8.12. The number of aromatic amines is 1. The van der Waals surface area contributed by atoms with E-state index in [1.165, 1.54) is 0 Å². The van der Waals surface area contributed by atoms with Gasteiger partial charge in [0, 0.05) is 12.1 Å². The first-order chi connectivity index (χ1) is 17.1. The number of para-hydroxylation sites is 1. The molecule has 3 aromatic carbocycles. The Morgan fingerprint density at radius 2 is 1.69 bits per heavy atom. The fourth-order valence-corrected chi connectivity index (χ4v) is 3.82. The second kappa shape index (κ2) is 11.3. The second-order valence-corrected chi connectivity index (χ2v) is 8.12. The Balaban J connectivity index is 1.68. The van der Waals surface area contributed by atoms with E-state index in [2.05, 4.69) is 9.97 Å². The van der Waals surface area contributed by atoms with Crippen molar-refractivity contribution in [1.82, 2.24) is 14.9 Å². The van der Waals surface area contributed by atoms with Gasteiger partial charge in [-0.05, 0) is 49.2 Å². The average Bonchev–Trinajstić information content (AvgIpc) is 2.88. The number of amides is 1. The highest BCUT2D eigenvalue weighted by Crippen LogP contribution is 2.29. The number of hydrogen-bond donors (Lipinski definition) is 1. The normalized spacial score (nSPS) is 10.8. The molecule has 0 saturated heterocycles. The first kappa shape index (κ1) is 24.0. The summed E-state index contributed by atoms with van der Waals surface area (Å²) in [6.45, 7) is 5.44. The molecule has 0 spiro atoms. The van der Waals surface area contributed by atoms with Gasteiger partial charge in [-0.15, -0.1) is 0 Å². The number of ether oxygens (including phenoxy) is 2. The van der Waals surface area contributed by atoms with Crippen molar-refractivity contribution in [2.45, 2.75) is 33.4 Å². The quantitative estimate of drug-likeness (QED) is 0.354. The third-order valence-electron chi connectivity index (χ3n) is 5.46. The number of H-pyrrole nitrogens is 1. The zero-order chi connectivity index (χ0) is 24.6. The third-order valence-corrected chi connectivity index (χ3v) is 5.46. The Bertz CT molecular complexity index is 1350. The lowest BCUT2D eigenvalue weighted by Crippen LogP contribution is -2.31. The van der Waals surface area contributed by atoms with Gasteiger partial charge in [0.1, 0.15) is 5.82 Å². The molecule has 4 rings (SSSR count). The summed E-state index contributed by atoms with van der Waals surface area (Å²) in [4.78, 5) is 35.4. The summed E-state index contributed by atoms with van der Waals surface area (Å²) in [5.74, 6) is 1.36. The van der Waals surface area contributed by atoms with E-state index < -0.39 is 0 Å². The van der Waals surface area contributed by atoms with Crippen molar-refractivity contribution in [2.24, 2.45) is 0 Å². The van der Waals surface area contributed by atoms with Crippen LogP contribution in [0, 0.1) is 0 Å². The van der Waals surface area contributed by atoms with Crippen LogP contribution in [0.4, 0.5) is 0 Å². The Morgan fingerprint density at radius 3 is 2.46 bits per heavy atom. The zero-order valence-electron chi connectivity index (χ0n) is 20.0. The van der Waals surface area contributed by atoms with E-state index in [9.17, 15) is 9.59 Å². The van der Waals surface area contributed by atoms with Crippen LogP contribution in [0.15, 0.2) is 77.6 Å². The van der Waals surface area contributed by atoms with Crippen LogP contribution >= 0.6 is 0 Å². The van der Waals surface area contributed by atoms with Crippen LogP contribution in [0.3, 0.4) is 0 Å². The molecule has 0 aliphatic carbocycles. The third kappa shape index (κ3) is 5.87. The van der Waals surface area contributed by atoms with Gasteiger partial charge in [-0.25, -0.2) is 4.98 Å². The average molecular weight is 472 g/mol. The minimum absolute atomic E-state index is 0.145. The number of carbonyl (C=O) groups is 1. The van der Waals surface area contributed by atoms with E-state index in [-0.39, 0.29) is 18.0 Å². The maximum atomic E-state index is 13.7. The predicted octanol–water partition coefficient (Wildman–Crippen LogP) is 4.95. The topological polar surface area (TPSA) is 84.5 Å². The van der Waals surface area contributed by atoms with Gasteiger partial charge in [0.25, 0.3) is 11.5 Å². The van der Waals surface area contributed by atoms with Crippen LogP contribution in [0.1, 0.15) is 42.0 Å². The lowest BCUT2D eigenvalue weighted by molar-refractivity contribution is 0.0725. The van der Waals surface area contributed by atoms with Crippen molar-refractivity contribution >= 4 is 16.8 Å². The Labute approximate surface area is 204 Å². The number of fused-ring (bicyclic) bond motifs is 1. The van der Waals surface area contributed by atoms with Gasteiger partial charge in [-0.2, -0.15) is 0 Å². The van der Waals surface area contributed by atoms with Crippen molar-refractivity contribution in [1.29, 1.82) is 0 Å². The van der Waals surface area contributed by atoms with E-state index in [0.717, 1.165) is 12.0 Å². The number of hydrogen-bond acceptors (Lipinski definition) is 5. The van der Waals surface area contributed by atoms with Gasteiger partial charge in [-0.3, -0.25) is 9.59 Å². The van der Waals surface area contributed by atoms with Crippen LogP contribution in [0.5, 0.6) is 11.5 Å². The maximum absolute atomic E-state index is 13.7. The molecular weight excluding hydrogens is 442 g/mol. The number of benzene rings is 3. The molecule has 1 N–H and O–H groups in total. The van der Waals surface area contributed by atoms with Crippen LogP contribution in [-0.4, -0.2) is 34.0 Å². The lowest BCUT2D eigenvalue weighted by atomic mass is 10.1. The van der Waals surface area contributed by atoms with Gasteiger partial charge in [-0.1, -0.05) is 49.4 Å². The zero-order valence-corrected chi connectivity index (χ0v) is 20.0. The molecule has 180 valence electrons. The smallest absolute Gasteiger partial charge is 0.258 e. The molecule has 0 unspecified atom stereocenters. The molecule has 0 aliphatic rings. The largest absolute Gasteiger partial charge is 0.490 e. The molecule has 0 atom stereocenters. The molecule has 0 bridgehead atoms. The lowest BCUT2D eigenvalue weighted by Gasteiger charge is -2.23. The minimum atomic E-state index is -0.228. The van der Waals surface area contributed by atoms with Crippen molar-refractivity contribution in [3.05, 3.63) is 100 Å². The summed E-state index contributed by atoms with van der Waals surface area (Å²) in [6.07, 6.45) is 0.869. The molecule has 7 nitrogen and oxygen atoms in total. The van der Waals surface area contributed by atoms with Crippen molar-refractivity contribution in [3.63, 3.8) is 0 Å². The minimum Gasteiger partial charge on any atom is -0.490 e. The van der Waals surface area contributed by atoms with Crippen LogP contribution in [0.25, 0.3) is 10.9 Å². The van der Waals surface area contributed by atoms with Crippen molar-refractivity contribution in [3.8, 4) is 11.5 Å². The number of nitrogens with one attached hydrogen (secondary N) is 1. The summed E-state index contributed by atoms with van der Waals surface area (Å²) in [7, 11) is 0. The molecule has 1 heterocycles. The molecular formula is C28H29N3O4. The maximum Gasteiger partial charge on any atom is 0.258 e. The molecule has 1 amide bonds. The van der Waals surface area contributed by atoms with Crippen molar-refractivity contribution in [2.75, 3.05) is 13.2 Å². The van der Waals surface area contributed by atoms with E-state index in [1.807, 2.05) is 50.2 Å². The first-order valence-corrected chi connectivity index (χ1v) is 11.8. The van der Waals surface area contributed by atoms with E-state index in [0.29, 0.717) is 53.5 Å². The van der Waals surface area contributed by atoms with E-state index in [4.69, 9.17) is 9.47 Å². The highest BCUT2D eigenvalue weighted by molar-refractivity contribution is 5.95. The SMILES string of the molecule is CCCOc1ccc(C(=O)N(Cc2ccccc2)Cc2nc3ccccc3c(=O)[nH]2)cc1OCC. The predicted molar refractivity (Wildman–Crippen MR) is 136 cm³/mol. The first-order valence-electron chi connectivity index (χ1n) is 11.8. The molecule has 7 heteroatoms. The molecule has 0 radical (unpaired) electrons. The fourth-order valence-electron chi connectivity index (χ4n) is 3.82. The van der Waals surface area contributed by atoms with Gasteiger partial charge in [0.15, 0.2) is 11.5 Å². The number of rotatable bonds is 10. The molecule has 0 aliphatic heterocycles. The Morgan fingerprint density at radius 1 is 0.914 bits per heavy atom. The summed E-state index contributed by atoms with van der Waals surface area (Å²) >= 11 is 0. The Hall–Kier alpha value is -4.13. The van der Waals surface area contributed by atoms with Gasteiger partial charge < -0.3 is 19.4 Å². The monoisotopic (exact) mass is 471 g/mol. The molecule has 35 heavy (non-hydrogen) atoms. The van der Waals surface area contributed by atoms with Gasteiger partial charge in [0.2, 0.25) is 0 Å². The summed E-state index contributed by atoms with van der Waals surface area (Å²) in [5.41, 5.74) is 1.80. The van der Waals surface area contributed by atoms with Gasteiger partial charge in [0.05, 0.1) is 30.7 Å². The Kier molecular flexibility index (Phi) is 7.77. The summed E-state index contributed by atoms with van der Waals surface area (Å²) in [6, 6.07) is 22.1. The van der Waals surface area contributed by atoms with Crippen LogP contribution in [0.2, 0.25) is 0 Å².